The molecule has 0 heterocycles. The van der Waals surface area contributed by atoms with E-state index in [0.717, 1.165) is 41.5 Å². The zero-order chi connectivity index (χ0) is 15.5. The van der Waals surface area contributed by atoms with E-state index in [9.17, 15) is 4.79 Å². The predicted octanol–water partition coefficient (Wildman–Crippen LogP) is 3.72. The second-order valence-corrected chi connectivity index (χ2v) is 7.08. The lowest BCUT2D eigenvalue weighted by Crippen LogP contribution is -2.42. The molecule has 4 heteroatoms. The average molecular weight is 354 g/mol. The third-order valence-corrected chi connectivity index (χ3v) is 5.59. The van der Waals surface area contributed by atoms with Crippen LogP contribution in [0.15, 0.2) is 22.7 Å². The van der Waals surface area contributed by atoms with Crippen molar-refractivity contribution in [2.24, 2.45) is 17.1 Å². The molecule has 0 saturated heterocycles. The molecule has 0 bridgehead atoms. The zero-order valence-corrected chi connectivity index (χ0v) is 14.4. The van der Waals surface area contributed by atoms with E-state index in [1.165, 1.54) is 0 Å². The first-order valence-electron chi connectivity index (χ1n) is 7.56. The van der Waals surface area contributed by atoms with Crippen LogP contribution in [0.1, 0.15) is 38.2 Å². The molecule has 1 saturated carbocycles. The quantitative estimate of drug-likeness (QED) is 0.877. The first-order chi connectivity index (χ1) is 10.0. The van der Waals surface area contributed by atoms with Crippen molar-refractivity contribution in [1.29, 1.82) is 0 Å². The smallest absolute Gasteiger partial charge is 0.144 e. The number of benzene rings is 1. The van der Waals surface area contributed by atoms with Gasteiger partial charge in [0.2, 0.25) is 0 Å². The summed E-state index contributed by atoms with van der Waals surface area (Å²) in [5.41, 5.74) is 6.63. The van der Waals surface area contributed by atoms with Crippen LogP contribution in [-0.2, 0) is 11.2 Å². The topological polar surface area (TPSA) is 52.3 Å². The number of nitrogens with two attached hydrogens (primary N) is 1. The lowest BCUT2D eigenvalue weighted by Gasteiger charge is -2.37. The van der Waals surface area contributed by atoms with Gasteiger partial charge in [-0.05, 0) is 55.4 Å². The number of halogens is 1. The third-order valence-electron chi connectivity index (χ3n) is 4.82. The molecular formula is C17H24BrNO2. The van der Waals surface area contributed by atoms with Crippen molar-refractivity contribution >= 4 is 21.7 Å². The van der Waals surface area contributed by atoms with Crippen LogP contribution >= 0.6 is 15.9 Å². The van der Waals surface area contributed by atoms with E-state index < -0.39 is 0 Å². The molecule has 1 aliphatic carbocycles. The molecule has 3 nitrogen and oxygen atoms in total. The molecule has 0 amide bonds. The third kappa shape index (κ3) is 3.67. The van der Waals surface area contributed by atoms with Crippen LogP contribution in [0.3, 0.4) is 0 Å². The van der Waals surface area contributed by atoms with Crippen LogP contribution in [-0.4, -0.2) is 19.4 Å². The summed E-state index contributed by atoms with van der Waals surface area (Å²) in [5, 5.41) is 0. The maximum Gasteiger partial charge on any atom is 0.144 e. The Bertz CT molecular complexity index is 508. The van der Waals surface area contributed by atoms with E-state index in [1.807, 2.05) is 18.2 Å². The summed E-state index contributed by atoms with van der Waals surface area (Å²) in [6.45, 7) is 2.71. The maximum absolute atomic E-state index is 12.8. The van der Waals surface area contributed by atoms with Crippen molar-refractivity contribution in [1.82, 2.24) is 0 Å². The summed E-state index contributed by atoms with van der Waals surface area (Å²) < 4.78 is 6.20. The van der Waals surface area contributed by atoms with E-state index in [4.69, 9.17) is 10.5 Å². The van der Waals surface area contributed by atoms with Crippen molar-refractivity contribution in [2.45, 2.75) is 39.0 Å². The second-order valence-electron chi connectivity index (χ2n) is 6.22. The number of hydrogen-bond donors (Lipinski definition) is 1. The van der Waals surface area contributed by atoms with Crippen LogP contribution in [0.5, 0.6) is 5.75 Å². The van der Waals surface area contributed by atoms with Gasteiger partial charge < -0.3 is 10.5 Å². The number of Topliss-reactive ketones (excluding diaryl/α,β-unsaturated/α-hetero) is 1. The molecule has 1 aromatic carbocycles. The number of carbonyl (C=O) groups is 1. The lowest BCUT2D eigenvalue weighted by atomic mass is 9.67. The van der Waals surface area contributed by atoms with Crippen LogP contribution in [0.4, 0.5) is 0 Å². The summed E-state index contributed by atoms with van der Waals surface area (Å²) in [6.07, 6.45) is 4.46. The van der Waals surface area contributed by atoms with E-state index in [1.54, 1.807) is 7.11 Å². The number of rotatable bonds is 5. The molecule has 1 aromatic rings. The molecule has 0 radical (unpaired) electrons. The van der Waals surface area contributed by atoms with Gasteiger partial charge in [-0.2, -0.15) is 0 Å². The second kappa shape index (κ2) is 6.93. The highest BCUT2D eigenvalue weighted by Crippen LogP contribution is 2.40. The van der Waals surface area contributed by atoms with Crippen LogP contribution in [0, 0.1) is 11.3 Å². The van der Waals surface area contributed by atoms with Crippen LogP contribution in [0.25, 0.3) is 0 Å². The van der Waals surface area contributed by atoms with Gasteiger partial charge in [-0.25, -0.2) is 0 Å². The van der Waals surface area contributed by atoms with Crippen molar-refractivity contribution in [3.63, 3.8) is 0 Å². The summed E-state index contributed by atoms with van der Waals surface area (Å²) in [5.74, 6) is 1.76. The zero-order valence-electron chi connectivity index (χ0n) is 12.8. The van der Waals surface area contributed by atoms with Gasteiger partial charge in [0.05, 0.1) is 7.11 Å². The largest absolute Gasteiger partial charge is 0.497 e. The normalized spacial score (nSPS) is 25.6. The Morgan fingerprint density at radius 1 is 1.43 bits per heavy atom. The highest BCUT2D eigenvalue weighted by Gasteiger charge is 2.39. The fourth-order valence-electron chi connectivity index (χ4n) is 3.09. The first-order valence-corrected chi connectivity index (χ1v) is 8.36. The van der Waals surface area contributed by atoms with Gasteiger partial charge >= 0.3 is 0 Å². The standard InChI is InChI=1S/C17H24BrNO2/c1-12-5-7-17(11-19,8-6-12)16(20)10-13-9-14(21-2)3-4-15(13)18/h3-4,9,12H,5-8,10-11,19H2,1-2H3. The SMILES string of the molecule is COc1ccc(Br)c(CC(=O)C2(CN)CCC(C)CC2)c1. The highest BCUT2D eigenvalue weighted by molar-refractivity contribution is 9.10. The fraction of sp³-hybridized carbons (Fsp3) is 0.588. The van der Waals surface area contributed by atoms with Crippen molar-refractivity contribution in [3.05, 3.63) is 28.2 Å². The Labute approximate surface area is 135 Å². The van der Waals surface area contributed by atoms with E-state index in [0.29, 0.717) is 18.9 Å². The Balaban J connectivity index is 2.16. The van der Waals surface area contributed by atoms with Gasteiger partial charge in [0.25, 0.3) is 0 Å². The number of methoxy groups -OCH3 is 1. The molecule has 0 unspecified atom stereocenters. The molecular weight excluding hydrogens is 330 g/mol. The van der Waals surface area contributed by atoms with Gasteiger partial charge in [0.1, 0.15) is 11.5 Å². The minimum atomic E-state index is -0.324. The summed E-state index contributed by atoms with van der Waals surface area (Å²) >= 11 is 3.52. The molecule has 116 valence electrons. The van der Waals surface area contributed by atoms with Crippen molar-refractivity contribution < 1.29 is 9.53 Å². The number of ketones is 1. The van der Waals surface area contributed by atoms with E-state index >= 15 is 0 Å². The molecule has 1 aliphatic rings. The Morgan fingerprint density at radius 3 is 2.67 bits per heavy atom. The minimum absolute atomic E-state index is 0.269. The van der Waals surface area contributed by atoms with Crippen molar-refractivity contribution in [2.75, 3.05) is 13.7 Å². The van der Waals surface area contributed by atoms with Crippen molar-refractivity contribution in [3.8, 4) is 5.75 Å². The van der Waals surface area contributed by atoms with Crippen LogP contribution in [0.2, 0.25) is 0 Å². The monoisotopic (exact) mass is 353 g/mol. The molecule has 1 fully saturated rings. The molecule has 2 rings (SSSR count). The van der Waals surface area contributed by atoms with Gasteiger partial charge in [-0.15, -0.1) is 0 Å². The molecule has 21 heavy (non-hydrogen) atoms. The van der Waals surface area contributed by atoms with Gasteiger partial charge in [-0.3, -0.25) is 4.79 Å². The number of hydrogen-bond acceptors (Lipinski definition) is 3. The molecule has 0 spiro atoms. The molecule has 0 aromatic heterocycles. The Morgan fingerprint density at radius 2 is 2.10 bits per heavy atom. The number of carbonyl (C=O) groups excluding carboxylic acids is 1. The average Bonchev–Trinajstić information content (AvgIpc) is 2.50. The van der Waals surface area contributed by atoms with Gasteiger partial charge in [0.15, 0.2) is 0 Å². The minimum Gasteiger partial charge on any atom is -0.497 e. The molecule has 0 atom stereocenters. The van der Waals surface area contributed by atoms with Gasteiger partial charge in [-0.1, -0.05) is 22.9 Å². The summed E-state index contributed by atoms with van der Waals surface area (Å²) in [7, 11) is 1.64. The van der Waals surface area contributed by atoms with E-state index in [2.05, 4.69) is 22.9 Å². The lowest BCUT2D eigenvalue weighted by molar-refractivity contribution is -0.129. The highest BCUT2D eigenvalue weighted by atomic mass is 79.9. The first kappa shape index (κ1) is 16.5. The van der Waals surface area contributed by atoms with E-state index in [-0.39, 0.29) is 11.2 Å². The summed E-state index contributed by atoms with van der Waals surface area (Å²) in [4.78, 5) is 12.8. The number of ether oxygens (including phenoxy) is 1. The Kier molecular flexibility index (Phi) is 5.44. The van der Waals surface area contributed by atoms with Crippen LogP contribution < -0.4 is 10.5 Å². The molecule has 2 N–H and O–H groups in total. The fourth-order valence-corrected chi connectivity index (χ4v) is 3.47. The Hall–Kier alpha value is -0.870. The summed E-state index contributed by atoms with van der Waals surface area (Å²) in [6, 6.07) is 5.75. The predicted molar refractivity (Wildman–Crippen MR) is 88.5 cm³/mol. The maximum atomic E-state index is 12.8. The van der Waals surface area contributed by atoms with Gasteiger partial charge in [0, 0.05) is 22.9 Å². The molecule has 0 aliphatic heterocycles.